The number of ether oxygens (including phenoxy) is 2. The van der Waals surface area contributed by atoms with Crippen molar-refractivity contribution in [2.45, 2.75) is 12.5 Å². The van der Waals surface area contributed by atoms with E-state index in [-0.39, 0.29) is 11.8 Å². The Labute approximate surface area is 133 Å². The van der Waals surface area contributed by atoms with Crippen LogP contribution in [0.3, 0.4) is 0 Å². The summed E-state index contributed by atoms with van der Waals surface area (Å²) in [5.41, 5.74) is 0.962. The summed E-state index contributed by atoms with van der Waals surface area (Å²) >= 11 is 1.47. The molecule has 2 rings (SSSR count). The molecular weight excluding hydrogens is 304 g/mol. The first-order valence-electron chi connectivity index (χ1n) is 6.99. The molecule has 1 fully saturated rings. The van der Waals surface area contributed by atoms with Crippen LogP contribution in [0.25, 0.3) is 0 Å². The predicted octanol–water partition coefficient (Wildman–Crippen LogP) is 0.594. The second kappa shape index (κ2) is 7.93. The maximum Gasteiger partial charge on any atom is 0.243 e. The van der Waals surface area contributed by atoms with Crippen molar-refractivity contribution in [1.29, 1.82) is 0 Å². The van der Waals surface area contributed by atoms with Crippen LogP contribution >= 0.6 is 11.8 Å². The molecule has 22 heavy (non-hydrogen) atoms. The van der Waals surface area contributed by atoms with Crippen LogP contribution in [0.5, 0.6) is 11.5 Å². The lowest BCUT2D eigenvalue weighted by Crippen LogP contribution is -2.51. The summed E-state index contributed by atoms with van der Waals surface area (Å²) in [5, 5.41) is 5.54. The Hall–Kier alpha value is -1.89. The number of carbonyl (C=O) groups excluding carboxylic acids is 2. The van der Waals surface area contributed by atoms with Gasteiger partial charge in [-0.15, -0.1) is 11.8 Å². The Balaban J connectivity index is 1.87. The quantitative estimate of drug-likeness (QED) is 0.801. The van der Waals surface area contributed by atoms with Crippen LogP contribution in [0.1, 0.15) is 5.56 Å². The zero-order chi connectivity index (χ0) is 15.9. The van der Waals surface area contributed by atoms with Gasteiger partial charge in [0.25, 0.3) is 0 Å². The number of nitrogens with one attached hydrogen (secondary N) is 2. The van der Waals surface area contributed by atoms with Crippen molar-refractivity contribution in [3.8, 4) is 11.5 Å². The number of hydrogen-bond donors (Lipinski definition) is 2. The Bertz CT molecular complexity index is 550. The molecule has 2 amide bonds. The van der Waals surface area contributed by atoms with Gasteiger partial charge in [-0.05, 0) is 30.2 Å². The fourth-order valence-corrected chi connectivity index (χ4v) is 3.07. The SMILES string of the molecule is COc1ccc(OC)c(CCNC(=O)C2CSCC(=O)N2)c1. The van der Waals surface area contributed by atoms with Gasteiger partial charge in [0.05, 0.1) is 20.0 Å². The van der Waals surface area contributed by atoms with E-state index in [0.29, 0.717) is 24.5 Å². The maximum atomic E-state index is 12.0. The zero-order valence-electron chi connectivity index (χ0n) is 12.7. The largest absolute Gasteiger partial charge is 0.497 e. The predicted molar refractivity (Wildman–Crippen MR) is 85.5 cm³/mol. The van der Waals surface area contributed by atoms with Gasteiger partial charge in [0.15, 0.2) is 0 Å². The average molecular weight is 324 g/mol. The van der Waals surface area contributed by atoms with E-state index in [1.807, 2.05) is 18.2 Å². The van der Waals surface area contributed by atoms with E-state index < -0.39 is 6.04 Å². The van der Waals surface area contributed by atoms with E-state index in [2.05, 4.69) is 10.6 Å². The van der Waals surface area contributed by atoms with Crippen LogP contribution in [0.4, 0.5) is 0 Å². The molecule has 1 aliphatic rings. The van der Waals surface area contributed by atoms with Crippen LogP contribution in [0, 0.1) is 0 Å². The summed E-state index contributed by atoms with van der Waals surface area (Å²) in [7, 11) is 3.22. The third kappa shape index (κ3) is 4.30. The number of hydrogen-bond acceptors (Lipinski definition) is 5. The highest BCUT2D eigenvalue weighted by molar-refractivity contribution is 8.00. The molecule has 0 spiro atoms. The molecule has 1 heterocycles. The van der Waals surface area contributed by atoms with E-state index >= 15 is 0 Å². The van der Waals surface area contributed by atoms with Crippen molar-refractivity contribution in [1.82, 2.24) is 10.6 Å². The minimum Gasteiger partial charge on any atom is -0.497 e. The van der Waals surface area contributed by atoms with E-state index in [1.165, 1.54) is 11.8 Å². The summed E-state index contributed by atoms with van der Waals surface area (Å²) in [6.45, 7) is 0.472. The molecular formula is C15H20N2O4S. The normalized spacial score (nSPS) is 17.5. The van der Waals surface area contributed by atoms with Gasteiger partial charge >= 0.3 is 0 Å². The van der Waals surface area contributed by atoms with Gasteiger partial charge in [-0.2, -0.15) is 0 Å². The molecule has 120 valence electrons. The topological polar surface area (TPSA) is 76.7 Å². The fourth-order valence-electron chi connectivity index (χ4n) is 2.21. The van der Waals surface area contributed by atoms with Gasteiger partial charge in [0.1, 0.15) is 17.5 Å². The van der Waals surface area contributed by atoms with Crippen LogP contribution in [0.15, 0.2) is 18.2 Å². The van der Waals surface area contributed by atoms with E-state index in [9.17, 15) is 9.59 Å². The van der Waals surface area contributed by atoms with Crippen LogP contribution in [0.2, 0.25) is 0 Å². The molecule has 1 aliphatic heterocycles. The van der Waals surface area contributed by atoms with Crippen molar-refractivity contribution >= 4 is 23.6 Å². The van der Waals surface area contributed by atoms with Crippen molar-refractivity contribution in [2.24, 2.45) is 0 Å². The van der Waals surface area contributed by atoms with Gasteiger partial charge in [-0.1, -0.05) is 0 Å². The molecule has 0 aromatic heterocycles. The van der Waals surface area contributed by atoms with Gasteiger partial charge in [-0.25, -0.2) is 0 Å². The summed E-state index contributed by atoms with van der Waals surface area (Å²) in [6.07, 6.45) is 0.625. The second-order valence-corrected chi connectivity index (χ2v) is 5.88. The molecule has 1 aromatic rings. The number of carbonyl (C=O) groups is 2. The molecule has 0 bridgehead atoms. The lowest BCUT2D eigenvalue weighted by atomic mass is 10.1. The maximum absolute atomic E-state index is 12.0. The molecule has 1 saturated heterocycles. The summed E-state index contributed by atoms with van der Waals surface area (Å²) in [6, 6.07) is 5.12. The third-order valence-corrected chi connectivity index (χ3v) is 4.39. The fraction of sp³-hybridized carbons (Fsp3) is 0.467. The molecule has 6 nitrogen and oxygen atoms in total. The van der Waals surface area contributed by atoms with E-state index in [0.717, 1.165) is 17.1 Å². The Morgan fingerprint density at radius 3 is 2.91 bits per heavy atom. The minimum atomic E-state index is -0.446. The highest BCUT2D eigenvalue weighted by Gasteiger charge is 2.24. The summed E-state index contributed by atoms with van der Waals surface area (Å²) in [4.78, 5) is 23.3. The van der Waals surface area contributed by atoms with E-state index in [1.54, 1.807) is 14.2 Å². The van der Waals surface area contributed by atoms with Gasteiger partial charge < -0.3 is 20.1 Å². The molecule has 0 radical (unpaired) electrons. The Morgan fingerprint density at radius 1 is 1.41 bits per heavy atom. The molecule has 0 aliphatic carbocycles. The van der Waals surface area contributed by atoms with Crippen molar-refractivity contribution < 1.29 is 19.1 Å². The zero-order valence-corrected chi connectivity index (χ0v) is 13.5. The Kier molecular flexibility index (Phi) is 5.94. The second-order valence-electron chi connectivity index (χ2n) is 4.85. The smallest absolute Gasteiger partial charge is 0.243 e. The molecule has 0 saturated carbocycles. The lowest BCUT2D eigenvalue weighted by molar-refractivity contribution is -0.127. The number of amides is 2. The standard InChI is InChI=1S/C15H20N2O4S/c1-20-11-3-4-13(21-2)10(7-11)5-6-16-15(19)12-8-22-9-14(18)17-12/h3-4,7,12H,5-6,8-9H2,1-2H3,(H,16,19)(H,17,18). The van der Waals surface area contributed by atoms with Crippen molar-refractivity contribution in [2.75, 3.05) is 32.3 Å². The third-order valence-electron chi connectivity index (χ3n) is 3.35. The minimum absolute atomic E-state index is 0.0918. The van der Waals surface area contributed by atoms with Gasteiger partial charge in [0.2, 0.25) is 11.8 Å². The Morgan fingerprint density at radius 2 is 2.23 bits per heavy atom. The highest BCUT2D eigenvalue weighted by Crippen LogP contribution is 2.24. The molecule has 1 atom stereocenters. The lowest BCUT2D eigenvalue weighted by Gasteiger charge is -2.22. The van der Waals surface area contributed by atoms with Gasteiger partial charge in [-0.3, -0.25) is 9.59 Å². The van der Waals surface area contributed by atoms with Crippen LogP contribution in [-0.4, -0.2) is 50.1 Å². The molecule has 1 unspecified atom stereocenters. The first-order chi connectivity index (χ1) is 10.6. The monoisotopic (exact) mass is 324 g/mol. The molecule has 2 N–H and O–H groups in total. The number of methoxy groups -OCH3 is 2. The number of benzene rings is 1. The first-order valence-corrected chi connectivity index (χ1v) is 8.15. The van der Waals surface area contributed by atoms with Crippen LogP contribution < -0.4 is 20.1 Å². The highest BCUT2D eigenvalue weighted by atomic mass is 32.2. The average Bonchev–Trinajstić information content (AvgIpc) is 2.54. The van der Waals surface area contributed by atoms with Crippen molar-refractivity contribution in [3.63, 3.8) is 0 Å². The van der Waals surface area contributed by atoms with Gasteiger partial charge in [0, 0.05) is 12.3 Å². The first kappa shape index (κ1) is 16.5. The molecule has 7 heteroatoms. The van der Waals surface area contributed by atoms with E-state index in [4.69, 9.17) is 9.47 Å². The number of rotatable bonds is 6. The number of thioether (sulfide) groups is 1. The molecule has 1 aromatic carbocycles. The summed E-state index contributed by atoms with van der Waals surface area (Å²) < 4.78 is 10.5. The van der Waals surface area contributed by atoms with Crippen LogP contribution in [-0.2, 0) is 16.0 Å². The summed E-state index contributed by atoms with van der Waals surface area (Å²) in [5.74, 6) is 2.30. The van der Waals surface area contributed by atoms with Crippen molar-refractivity contribution in [3.05, 3.63) is 23.8 Å².